The number of fused-ring (bicyclic) bond motifs is 1. The highest BCUT2D eigenvalue weighted by molar-refractivity contribution is 7.89. The molecular weight excluding hydrogens is 505 g/mol. The van der Waals surface area contributed by atoms with Crippen LogP contribution in [0.5, 0.6) is 0 Å². The minimum absolute atomic E-state index is 0. The summed E-state index contributed by atoms with van der Waals surface area (Å²) >= 11 is 6.03. The van der Waals surface area contributed by atoms with Gasteiger partial charge < -0.3 is 10.6 Å². The average Bonchev–Trinajstić information content (AvgIpc) is 3.05. The summed E-state index contributed by atoms with van der Waals surface area (Å²) in [5.41, 5.74) is 5.77. The van der Waals surface area contributed by atoms with Gasteiger partial charge in [-0.15, -0.1) is 24.8 Å². The standard InChI is InChI=1S/C23H30ClN3O3S.2ClH/c24-21-8-6-20-15-22(9-7-19(20)14-21)31(29,30)27-11-1-10-26(12-13-27)23(28)18-4-2-17(16-25)3-5-18;;/h6-9,14-15,17-18H,1-5,10-13,16,25H2;2*1H/t17-,18-;;. The van der Waals surface area contributed by atoms with Crippen molar-refractivity contribution >= 4 is 63.1 Å². The highest BCUT2D eigenvalue weighted by Crippen LogP contribution is 2.30. The molecule has 6 nitrogen and oxygen atoms in total. The van der Waals surface area contributed by atoms with E-state index in [1.807, 2.05) is 17.0 Å². The van der Waals surface area contributed by atoms with Gasteiger partial charge in [-0.05, 0) is 79.6 Å². The minimum atomic E-state index is -3.62. The first-order valence-corrected chi connectivity index (χ1v) is 12.9. The molecule has 0 aromatic heterocycles. The van der Waals surface area contributed by atoms with Crippen LogP contribution in [0, 0.1) is 11.8 Å². The molecule has 1 heterocycles. The van der Waals surface area contributed by atoms with Gasteiger partial charge in [-0.1, -0.05) is 23.7 Å². The van der Waals surface area contributed by atoms with Crippen LogP contribution in [0.25, 0.3) is 10.8 Å². The van der Waals surface area contributed by atoms with Crippen LogP contribution in [-0.4, -0.2) is 56.3 Å². The van der Waals surface area contributed by atoms with Crippen molar-refractivity contribution in [3.63, 3.8) is 0 Å². The summed E-state index contributed by atoms with van der Waals surface area (Å²) in [6, 6.07) is 10.5. The number of sulfonamides is 1. The molecular formula is C23H32Cl3N3O3S. The van der Waals surface area contributed by atoms with Gasteiger partial charge in [-0.3, -0.25) is 4.79 Å². The molecule has 1 saturated heterocycles. The van der Waals surface area contributed by atoms with Gasteiger partial charge in [0.25, 0.3) is 0 Å². The summed E-state index contributed by atoms with van der Waals surface area (Å²) in [4.78, 5) is 15.2. The summed E-state index contributed by atoms with van der Waals surface area (Å²) in [5.74, 6) is 0.766. The molecule has 0 bridgehead atoms. The Hall–Kier alpha value is -1.09. The number of hydrogen-bond donors (Lipinski definition) is 1. The molecule has 0 radical (unpaired) electrons. The maximum absolute atomic E-state index is 13.3. The van der Waals surface area contributed by atoms with E-state index in [1.165, 1.54) is 4.31 Å². The van der Waals surface area contributed by atoms with Gasteiger partial charge in [0.1, 0.15) is 0 Å². The van der Waals surface area contributed by atoms with Gasteiger partial charge >= 0.3 is 0 Å². The van der Waals surface area contributed by atoms with Crippen LogP contribution in [0.3, 0.4) is 0 Å². The highest BCUT2D eigenvalue weighted by atomic mass is 35.5. The number of nitrogens with zero attached hydrogens (tertiary/aromatic N) is 2. The Morgan fingerprint density at radius 2 is 1.61 bits per heavy atom. The second-order valence-electron chi connectivity index (χ2n) is 8.69. The Balaban J connectivity index is 0.00000193. The van der Waals surface area contributed by atoms with E-state index in [1.54, 1.807) is 24.3 Å². The van der Waals surface area contributed by atoms with Crippen LogP contribution < -0.4 is 5.73 Å². The molecule has 1 aliphatic carbocycles. The van der Waals surface area contributed by atoms with Crippen molar-refractivity contribution in [3.8, 4) is 0 Å². The zero-order valence-corrected chi connectivity index (χ0v) is 21.7. The number of amides is 1. The smallest absolute Gasteiger partial charge is 0.243 e. The first-order chi connectivity index (χ1) is 14.9. The molecule has 1 aliphatic heterocycles. The Morgan fingerprint density at radius 1 is 0.939 bits per heavy atom. The highest BCUT2D eigenvalue weighted by Gasteiger charge is 2.32. The van der Waals surface area contributed by atoms with Gasteiger partial charge in [0.05, 0.1) is 4.90 Å². The molecule has 184 valence electrons. The fraction of sp³-hybridized carbons (Fsp3) is 0.522. The summed E-state index contributed by atoms with van der Waals surface area (Å²) in [5, 5.41) is 2.37. The van der Waals surface area contributed by atoms with Crippen LogP contribution in [0.4, 0.5) is 0 Å². The molecule has 2 N–H and O–H groups in total. The molecule has 2 fully saturated rings. The Kier molecular flexibility index (Phi) is 10.3. The largest absolute Gasteiger partial charge is 0.341 e. The summed E-state index contributed by atoms with van der Waals surface area (Å²) in [7, 11) is -3.62. The molecule has 0 atom stereocenters. The van der Waals surface area contributed by atoms with E-state index in [9.17, 15) is 13.2 Å². The van der Waals surface area contributed by atoms with Crippen molar-refractivity contribution in [2.24, 2.45) is 17.6 Å². The van der Waals surface area contributed by atoms with Gasteiger partial charge in [0, 0.05) is 37.1 Å². The number of halogens is 3. The molecule has 0 spiro atoms. The Morgan fingerprint density at radius 3 is 2.30 bits per heavy atom. The lowest BCUT2D eigenvalue weighted by Crippen LogP contribution is -2.41. The predicted molar refractivity (Wildman–Crippen MR) is 138 cm³/mol. The van der Waals surface area contributed by atoms with Crippen LogP contribution in [-0.2, 0) is 14.8 Å². The lowest BCUT2D eigenvalue weighted by Gasteiger charge is -2.31. The van der Waals surface area contributed by atoms with Crippen LogP contribution >= 0.6 is 36.4 Å². The minimum Gasteiger partial charge on any atom is -0.341 e. The van der Waals surface area contributed by atoms with E-state index >= 15 is 0 Å². The summed E-state index contributed by atoms with van der Waals surface area (Å²) in [6.07, 6.45) is 4.44. The topological polar surface area (TPSA) is 83.7 Å². The third kappa shape index (κ3) is 6.32. The quantitative estimate of drug-likeness (QED) is 0.631. The van der Waals surface area contributed by atoms with Gasteiger partial charge in [-0.2, -0.15) is 4.31 Å². The predicted octanol–water partition coefficient (Wildman–Crippen LogP) is 4.32. The van der Waals surface area contributed by atoms with Crippen molar-refractivity contribution in [2.75, 3.05) is 32.7 Å². The maximum atomic E-state index is 13.3. The number of carbonyl (C=O) groups is 1. The third-order valence-electron chi connectivity index (χ3n) is 6.71. The molecule has 2 aromatic carbocycles. The van der Waals surface area contributed by atoms with Gasteiger partial charge in [-0.25, -0.2) is 8.42 Å². The molecule has 0 unspecified atom stereocenters. The van der Waals surface area contributed by atoms with Crippen molar-refractivity contribution < 1.29 is 13.2 Å². The lowest BCUT2D eigenvalue weighted by atomic mass is 9.81. The first-order valence-electron chi connectivity index (χ1n) is 11.1. The Labute approximate surface area is 213 Å². The fourth-order valence-electron chi connectivity index (χ4n) is 4.76. The summed E-state index contributed by atoms with van der Waals surface area (Å²) in [6.45, 7) is 2.49. The normalized spacial score (nSPS) is 22.2. The molecule has 1 saturated carbocycles. The van der Waals surface area contributed by atoms with Crippen molar-refractivity contribution in [3.05, 3.63) is 41.4 Å². The monoisotopic (exact) mass is 535 g/mol. The Bertz CT molecular complexity index is 1060. The summed E-state index contributed by atoms with van der Waals surface area (Å²) < 4.78 is 28.1. The molecule has 33 heavy (non-hydrogen) atoms. The lowest BCUT2D eigenvalue weighted by molar-refractivity contribution is -0.136. The second-order valence-corrected chi connectivity index (χ2v) is 11.1. The number of carbonyl (C=O) groups excluding carboxylic acids is 1. The zero-order chi connectivity index (χ0) is 22.0. The SMILES string of the molecule is Cl.Cl.NC[C@H]1CC[C@H](C(=O)N2CCCN(S(=O)(=O)c3ccc4cc(Cl)ccc4c3)CC2)CC1. The number of benzene rings is 2. The molecule has 4 rings (SSSR count). The van der Waals surface area contributed by atoms with Gasteiger partial charge in [0.15, 0.2) is 0 Å². The molecule has 2 aromatic rings. The average molecular weight is 537 g/mol. The van der Waals surface area contributed by atoms with Crippen molar-refractivity contribution in [1.29, 1.82) is 0 Å². The fourth-order valence-corrected chi connectivity index (χ4v) is 6.45. The zero-order valence-electron chi connectivity index (χ0n) is 18.5. The second kappa shape index (κ2) is 12.0. The number of rotatable bonds is 4. The molecule has 1 amide bonds. The van der Waals surface area contributed by atoms with Crippen LogP contribution in [0.2, 0.25) is 5.02 Å². The van der Waals surface area contributed by atoms with E-state index in [2.05, 4.69) is 0 Å². The molecule has 10 heteroatoms. The first kappa shape index (κ1) is 28.1. The van der Waals surface area contributed by atoms with E-state index in [0.29, 0.717) is 50.1 Å². The number of nitrogens with two attached hydrogens (primary N) is 1. The van der Waals surface area contributed by atoms with Crippen LogP contribution in [0.1, 0.15) is 32.1 Å². The van der Waals surface area contributed by atoms with Crippen molar-refractivity contribution in [1.82, 2.24) is 9.21 Å². The van der Waals surface area contributed by atoms with Crippen LogP contribution in [0.15, 0.2) is 41.3 Å². The van der Waals surface area contributed by atoms with Gasteiger partial charge in [0.2, 0.25) is 15.9 Å². The van der Waals surface area contributed by atoms with E-state index in [-0.39, 0.29) is 41.5 Å². The van der Waals surface area contributed by atoms with Crippen molar-refractivity contribution in [2.45, 2.75) is 37.0 Å². The maximum Gasteiger partial charge on any atom is 0.243 e. The van der Waals surface area contributed by atoms with E-state index in [0.717, 1.165) is 36.5 Å². The molecule has 2 aliphatic rings. The third-order valence-corrected chi connectivity index (χ3v) is 8.84. The number of hydrogen-bond acceptors (Lipinski definition) is 4. The van der Waals surface area contributed by atoms with E-state index < -0.39 is 10.0 Å². The van der Waals surface area contributed by atoms with E-state index in [4.69, 9.17) is 17.3 Å².